The summed E-state index contributed by atoms with van der Waals surface area (Å²) in [5.74, 6) is -1.46. The Bertz CT molecular complexity index is 2020. The number of nitro benzene ring substituents is 4. The number of fused-ring (bicyclic) bond motifs is 8. The van der Waals surface area contributed by atoms with Crippen LogP contribution in [0.5, 0.6) is 46.0 Å². The second-order valence-electron chi connectivity index (χ2n) is 17.7. The van der Waals surface area contributed by atoms with E-state index in [0.29, 0.717) is 22.3 Å². The highest BCUT2D eigenvalue weighted by atomic mass is 16.6. The molecule has 1 aliphatic heterocycles. The molecule has 1 aliphatic rings. The molecule has 16 nitrogen and oxygen atoms in total. The van der Waals surface area contributed by atoms with Gasteiger partial charge >= 0.3 is 22.7 Å². The van der Waals surface area contributed by atoms with E-state index in [1.165, 1.54) is 12.1 Å². The molecule has 1 heterocycles. The Balaban J connectivity index is 2.02. The van der Waals surface area contributed by atoms with Crippen molar-refractivity contribution >= 4 is 22.7 Å². The van der Waals surface area contributed by atoms with Gasteiger partial charge in [0.25, 0.3) is 0 Å². The van der Waals surface area contributed by atoms with Gasteiger partial charge in [-0.25, -0.2) is 0 Å². The molecule has 16 heteroatoms. The number of nitrogens with zero attached hydrogens (tertiary/aromatic N) is 4. The molecule has 0 amide bonds. The molecule has 5 rings (SSSR count). The van der Waals surface area contributed by atoms with Crippen molar-refractivity contribution in [3.05, 3.63) is 111 Å². The van der Waals surface area contributed by atoms with Crippen molar-refractivity contribution in [3.63, 3.8) is 0 Å². The molecular formula is C40H44N4O12. The van der Waals surface area contributed by atoms with E-state index in [2.05, 4.69) is 0 Å². The van der Waals surface area contributed by atoms with Crippen LogP contribution in [0, 0.1) is 40.5 Å². The van der Waals surface area contributed by atoms with E-state index in [4.69, 9.17) is 18.9 Å². The number of hydrogen-bond acceptors (Lipinski definition) is 12. The predicted molar refractivity (Wildman–Crippen MR) is 207 cm³/mol. The maximum Gasteiger partial charge on any atom is 0.318 e. The standard InChI is InChI=1S/C40H44N4O12/c1-37(2,3)21-13-22(38(4,5)6)30-17-29(21)53-33-19-34(26(42(47)48)15-25(33)41(45)46)55-31-18-32(24(40(10,11)12)14-23(31)39(7,8)9)56-36-20-35(54-30)27(43(49)50)16-28(36)44(51)52/h13-20H,1-12H3. The number of benzene rings is 4. The van der Waals surface area contributed by atoms with Crippen molar-refractivity contribution in [3.8, 4) is 46.0 Å². The predicted octanol–water partition coefficient (Wildman–Crippen LogP) is 12.0. The largest absolute Gasteiger partial charge is 0.450 e. The highest BCUT2D eigenvalue weighted by molar-refractivity contribution is 5.67. The third-order valence-corrected chi connectivity index (χ3v) is 9.14. The van der Waals surface area contributed by atoms with Crippen molar-refractivity contribution < 1.29 is 38.6 Å². The zero-order valence-corrected chi connectivity index (χ0v) is 33.3. The van der Waals surface area contributed by atoms with Crippen LogP contribution in [0.15, 0.2) is 48.5 Å². The Morgan fingerprint density at radius 3 is 0.661 bits per heavy atom. The number of nitro groups is 4. The van der Waals surface area contributed by atoms with E-state index < -0.39 is 87.1 Å². The molecule has 0 radical (unpaired) electrons. The topological polar surface area (TPSA) is 209 Å². The Kier molecular flexibility index (Phi) is 10.0. The van der Waals surface area contributed by atoms with Crippen LogP contribution in [0.2, 0.25) is 0 Å². The Hall–Kier alpha value is -6.32. The van der Waals surface area contributed by atoms with E-state index in [-0.39, 0.29) is 23.0 Å². The first-order valence-corrected chi connectivity index (χ1v) is 17.6. The fraction of sp³-hybridized carbons (Fsp3) is 0.400. The molecule has 4 aromatic rings. The Morgan fingerprint density at radius 2 is 0.500 bits per heavy atom. The summed E-state index contributed by atoms with van der Waals surface area (Å²) >= 11 is 0. The molecule has 0 N–H and O–H groups in total. The van der Waals surface area contributed by atoms with Gasteiger partial charge < -0.3 is 18.9 Å². The summed E-state index contributed by atoms with van der Waals surface area (Å²) < 4.78 is 25.4. The first-order chi connectivity index (χ1) is 25.6. The van der Waals surface area contributed by atoms with Gasteiger partial charge in [-0.3, -0.25) is 40.5 Å². The van der Waals surface area contributed by atoms with Crippen LogP contribution < -0.4 is 18.9 Å². The van der Waals surface area contributed by atoms with E-state index in [0.717, 1.165) is 24.3 Å². The molecule has 0 saturated carbocycles. The fourth-order valence-electron chi connectivity index (χ4n) is 6.25. The summed E-state index contributed by atoms with van der Waals surface area (Å²) in [6.07, 6.45) is 0. The average Bonchev–Trinajstić information content (AvgIpc) is 3.01. The minimum Gasteiger partial charge on any atom is -0.450 e. The highest BCUT2D eigenvalue weighted by Gasteiger charge is 2.36. The third kappa shape index (κ3) is 8.04. The molecular weight excluding hydrogens is 728 g/mol. The lowest BCUT2D eigenvalue weighted by molar-refractivity contribution is -0.395. The monoisotopic (exact) mass is 772 g/mol. The summed E-state index contributed by atoms with van der Waals surface area (Å²) in [6.45, 7) is 22.6. The van der Waals surface area contributed by atoms with Crippen LogP contribution in [0.25, 0.3) is 0 Å². The minimum atomic E-state index is -0.811. The van der Waals surface area contributed by atoms with Crippen molar-refractivity contribution in [2.24, 2.45) is 0 Å². The van der Waals surface area contributed by atoms with Gasteiger partial charge in [0.05, 0.1) is 19.7 Å². The molecule has 4 aromatic carbocycles. The molecule has 8 bridgehead atoms. The van der Waals surface area contributed by atoms with Gasteiger partial charge in [0.1, 0.15) is 35.1 Å². The third-order valence-electron chi connectivity index (χ3n) is 9.14. The second-order valence-corrected chi connectivity index (χ2v) is 17.7. The molecule has 56 heavy (non-hydrogen) atoms. The van der Waals surface area contributed by atoms with Crippen molar-refractivity contribution in [2.45, 2.75) is 105 Å². The van der Waals surface area contributed by atoms with Crippen LogP contribution in [0.4, 0.5) is 22.7 Å². The molecule has 0 unspecified atom stereocenters. The first kappa shape index (κ1) is 40.9. The molecule has 0 aliphatic carbocycles. The Morgan fingerprint density at radius 1 is 0.321 bits per heavy atom. The van der Waals surface area contributed by atoms with Crippen LogP contribution in [0.1, 0.15) is 105 Å². The molecule has 0 saturated heterocycles. The fourth-order valence-corrected chi connectivity index (χ4v) is 6.25. The lowest BCUT2D eigenvalue weighted by atomic mass is 9.79. The molecule has 0 aromatic heterocycles. The van der Waals surface area contributed by atoms with Crippen molar-refractivity contribution in [2.75, 3.05) is 0 Å². The number of hydrogen-bond donors (Lipinski definition) is 0. The zero-order chi connectivity index (χ0) is 42.0. The van der Waals surface area contributed by atoms with Gasteiger partial charge in [-0.15, -0.1) is 0 Å². The van der Waals surface area contributed by atoms with Crippen LogP contribution in [-0.2, 0) is 21.7 Å². The summed E-state index contributed by atoms with van der Waals surface area (Å²) in [5, 5.41) is 49.9. The van der Waals surface area contributed by atoms with Crippen LogP contribution in [-0.4, -0.2) is 19.7 Å². The van der Waals surface area contributed by atoms with Crippen molar-refractivity contribution in [1.82, 2.24) is 0 Å². The molecule has 0 atom stereocenters. The maximum absolute atomic E-state index is 12.5. The smallest absolute Gasteiger partial charge is 0.318 e. The average molecular weight is 773 g/mol. The van der Waals surface area contributed by atoms with E-state index in [9.17, 15) is 40.5 Å². The second kappa shape index (κ2) is 13.8. The normalized spacial score (nSPS) is 13.1. The van der Waals surface area contributed by atoms with Crippen molar-refractivity contribution in [1.29, 1.82) is 0 Å². The van der Waals surface area contributed by atoms with Gasteiger partial charge in [0, 0.05) is 46.5 Å². The van der Waals surface area contributed by atoms with Gasteiger partial charge in [0.15, 0.2) is 0 Å². The summed E-state index contributed by atoms with van der Waals surface area (Å²) in [7, 11) is 0. The van der Waals surface area contributed by atoms with Crippen LogP contribution >= 0.6 is 0 Å². The molecule has 0 spiro atoms. The summed E-state index contributed by atoms with van der Waals surface area (Å²) in [5.41, 5.74) is -3.41. The van der Waals surface area contributed by atoms with Crippen LogP contribution in [0.3, 0.4) is 0 Å². The van der Waals surface area contributed by atoms with Gasteiger partial charge in [-0.2, -0.15) is 0 Å². The lowest BCUT2D eigenvalue weighted by Crippen LogP contribution is -2.19. The highest BCUT2D eigenvalue weighted by Crippen LogP contribution is 2.52. The quantitative estimate of drug-likeness (QED) is 0.123. The van der Waals surface area contributed by atoms with E-state index in [1.54, 1.807) is 12.1 Å². The number of rotatable bonds is 4. The number of ether oxygens (including phenoxy) is 4. The van der Waals surface area contributed by atoms with Gasteiger partial charge in [-0.05, 0) is 33.8 Å². The summed E-state index contributed by atoms with van der Waals surface area (Å²) in [6, 6.07) is 9.98. The van der Waals surface area contributed by atoms with E-state index >= 15 is 0 Å². The summed E-state index contributed by atoms with van der Waals surface area (Å²) in [4.78, 5) is 46.7. The maximum atomic E-state index is 12.5. The minimum absolute atomic E-state index is 0.0312. The molecule has 296 valence electrons. The first-order valence-electron chi connectivity index (χ1n) is 17.6. The zero-order valence-electron chi connectivity index (χ0n) is 33.3. The molecule has 0 fully saturated rings. The van der Waals surface area contributed by atoms with Gasteiger partial charge in [-0.1, -0.05) is 83.1 Å². The lowest BCUT2D eigenvalue weighted by Gasteiger charge is -2.30. The SMILES string of the molecule is CC(C)(C)c1cc(C(C)(C)C)c2cc1Oc1cc(c([N+](=O)[O-])cc1[N+](=O)[O-])Oc1cc(c(C(C)(C)C)cc1C(C)(C)C)Oc1cc(c([N+](=O)[O-])cc1[N+](=O)[O-])O2. The Labute approximate surface area is 323 Å². The van der Waals surface area contributed by atoms with Gasteiger partial charge in [0.2, 0.25) is 23.0 Å². The van der Waals surface area contributed by atoms with E-state index in [1.807, 2.05) is 83.1 Å².